The molecule has 0 bridgehead atoms. The molecule has 0 atom stereocenters. The van der Waals surface area contributed by atoms with E-state index in [0.29, 0.717) is 30.9 Å². The predicted octanol–water partition coefficient (Wildman–Crippen LogP) is 2.10. The van der Waals surface area contributed by atoms with E-state index in [-0.39, 0.29) is 12.7 Å². The zero-order valence-electron chi connectivity index (χ0n) is 16.3. The number of aromatic nitrogens is 2. The van der Waals surface area contributed by atoms with Crippen LogP contribution in [-0.2, 0) is 11.3 Å². The number of carbonyl (C=O) groups is 1. The highest BCUT2D eigenvalue weighted by atomic mass is 79.9. The number of primary amides is 1. The maximum atomic E-state index is 11.2. The Labute approximate surface area is 181 Å². The molecule has 1 aromatic carbocycles. The summed E-state index contributed by atoms with van der Waals surface area (Å²) < 4.78 is 13.9. The van der Waals surface area contributed by atoms with Gasteiger partial charge >= 0.3 is 0 Å². The number of allylic oxidation sites excluding steroid dienone is 1. The molecule has 1 aromatic heterocycles. The molecule has 154 valence electrons. The van der Waals surface area contributed by atoms with Gasteiger partial charge < -0.3 is 25.1 Å². The first-order chi connectivity index (χ1) is 13.9. The van der Waals surface area contributed by atoms with E-state index in [1.54, 1.807) is 6.08 Å². The summed E-state index contributed by atoms with van der Waals surface area (Å²) in [5.74, 6) is 1.11. The molecule has 0 unspecified atom stereocenters. The highest BCUT2D eigenvalue weighted by Crippen LogP contribution is 2.42. The molecule has 3 rings (SSSR count). The number of halogens is 1. The van der Waals surface area contributed by atoms with Crippen molar-refractivity contribution in [2.75, 3.05) is 13.8 Å². The zero-order chi connectivity index (χ0) is 21.0. The fourth-order valence-electron chi connectivity index (χ4n) is 2.90. The van der Waals surface area contributed by atoms with Crippen LogP contribution in [0.4, 0.5) is 0 Å². The summed E-state index contributed by atoms with van der Waals surface area (Å²) >= 11 is 5.12. The number of fused-ring (bicyclic) bond motifs is 1. The Morgan fingerprint density at radius 1 is 1.45 bits per heavy atom. The topological polar surface area (TPSA) is 91.4 Å². The molecular formula is C20H23BrN4O3S. The molecule has 9 heteroatoms. The van der Waals surface area contributed by atoms with Crippen molar-refractivity contribution in [2.24, 2.45) is 5.73 Å². The minimum atomic E-state index is -0.315. The molecule has 0 radical (unpaired) electrons. The summed E-state index contributed by atoms with van der Waals surface area (Å²) in [5, 5.41) is 5.72. The van der Waals surface area contributed by atoms with Gasteiger partial charge in [0.15, 0.2) is 16.7 Å². The Morgan fingerprint density at radius 2 is 2.17 bits per heavy atom. The van der Waals surface area contributed by atoms with Gasteiger partial charge in [-0.05, 0) is 47.5 Å². The number of carbonyl (C=O) groups excluding carboxylic acids is 1. The number of hydrogen-bond donors (Lipinski definition) is 2. The van der Waals surface area contributed by atoms with E-state index in [0.717, 1.165) is 30.9 Å². The number of rotatable bonds is 8. The Bertz CT molecular complexity index is 1060. The third-order valence-corrected chi connectivity index (χ3v) is 6.38. The zero-order valence-corrected chi connectivity index (χ0v) is 18.7. The van der Waals surface area contributed by atoms with Crippen molar-refractivity contribution in [3.8, 4) is 11.5 Å². The first kappa shape index (κ1) is 21.3. The largest absolute Gasteiger partial charge is 0.454 e. The maximum Gasteiger partial charge on any atom is 0.231 e. The van der Waals surface area contributed by atoms with Gasteiger partial charge in [-0.3, -0.25) is 4.79 Å². The van der Waals surface area contributed by atoms with Crippen LogP contribution in [0, 0.1) is 0 Å². The Kier molecular flexibility index (Phi) is 6.92. The standard InChI is InChI=1S/C20H23BrN4O3S/c1-4-6-14-19(12(2)23-3)24-20(25(14)8-5-7-18(22)26)29-17-10-16-15(9-13(17)21)27-11-28-16/h4,6,9-10,23H,1,5,7-8,11H2,2-3H3,(H2,22,26)/b14-6+,19-12-. The Hall–Kier alpha value is -2.39. The third kappa shape index (κ3) is 4.79. The highest BCUT2D eigenvalue weighted by Gasteiger charge is 2.19. The van der Waals surface area contributed by atoms with Crippen molar-refractivity contribution in [1.82, 2.24) is 14.9 Å². The fraction of sp³-hybridized carbons (Fsp3) is 0.300. The van der Waals surface area contributed by atoms with Crippen LogP contribution in [0.25, 0.3) is 11.8 Å². The number of imidazole rings is 1. The number of hydrogen-bond acceptors (Lipinski definition) is 6. The van der Waals surface area contributed by atoms with Crippen LogP contribution < -0.4 is 31.2 Å². The first-order valence-electron chi connectivity index (χ1n) is 9.07. The number of nitrogens with one attached hydrogen (secondary N) is 1. The van der Waals surface area contributed by atoms with E-state index in [4.69, 9.17) is 20.2 Å². The minimum Gasteiger partial charge on any atom is -0.454 e. The molecule has 0 fully saturated rings. The number of benzene rings is 1. The van der Waals surface area contributed by atoms with Crippen LogP contribution in [-0.4, -0.2) is 29.3 Å². The quantitative estimate of drug-likeness (QED) is 0.603. The van der Waals surface area contributed by atoms with Crippen molar-refractivity contribution in [1.29, 1.82) is 0 Å². The molecule has 3 N–H and O–H groups in total. The molecule has 2 heterocycles. The van der Waals surface area contributed by atoms with E-state index in [1.165, 1.54) is 11.8 Å². The lowest BCUT2D eigenvalue weighted by atomic mass is 10.3. The van der Waals surface area contributed by atoms with Gasteiger partial charge in [-0.25, -0.2) is 4.98 Å². The molecule has 0 saturated heterocycles. The SMILES string of the molecule is C=C/C=c1\c(=C(/C)NC)nc(Sc2cc3c(cc2Br)OCO3)n1CCCC(N)=O. The van der Waals surface area contributed by atoms with Crippen LogP contribution in [0.5, 0.6) is 11.5 Å². The second-order valence-electron chi connectivity index (χ2n) is 6.37. The summed E-state index contributed by atoms with van der Waals surface area (Å²) in [7, 11) is 1.86. The molecular weight excluding hydrogens is 456 g/mol. The molecule has 0 spiro atoms. The molecule has 7 nitrogen and oxygen atoms in total. The van der Waals surface area contributed by atoms with Gasteiger partial charge in [0.2, 0.25) is 12.7 Å². The monoisotopic (exact) mass is 478 g/mol. The summed E-state index contributed by atoms with van der Waals surface area (Å²) in [6.07, 6.45) is 4.59. The summed E-state index contributed by atoms with van der Waals surface area (Å²) in [6.45, 7) is 6.63. The number of amides is 1. The first-order valence-corrected chi connectivity index (χ1v) is 10.7. The van der Waals surface area contributed by atoms with E-state index >= 15 is 0 Å². The normalized spacial score (nSPS) is 14.1. The van der Waals surface area contributed by atoms with E-state index in [1.807, 2.05) is 32.2 Å². The van der Waals surface area contributed by atoms with E-state index in [9.17, 15) is 4.79 Å². The van der Waals surface area contributed by atoms with Gasteiger partial charge in [0.05, 0.1) is 5.35 Å². The van der Waals surface area contributed by atoms with Gasteiger partial charge in [0.25, 0.3) is 0 Å². The lowest BCUT2D eigenvalue weighted by molar-refractivity contribution is -0.118. The van der Waals surface area contributed by atoms with E-state index in [2.05, 4.69) is 32.4 Å². The van der Waals surface area contributed by atoms with Crippen LogP contribution in [0.15, 0.2) is 39.3 Å². The van der Waals surface area contributed by atoms with Crippen molar-refractivity contribution in [3.05, 3.63) is 40.0 Å². The average molecular weight is 479 g/mol. The number of nitrogens with two attached hydrogens (primary N) is 1. The van der Waals surface area contributed by atoms with Gasteiger partial charge in [0.1, 0.15) is 5.35 Å². The van der Waals surface area contributed by atoms with E-state index < -0.39 is 0 Å². The average Bonchev–Trinajstić information content (AvgIpc) is 3.26. The van der Waals surface area contributed by atoms with Crippen LogP contribution >= 0.6 is 27.7 Å². The lowest BCUT2D eigenvalue weighted by Crippen LogP contribution is -2.34. The highest BCUT2D eigenvalue weighted by molar-refractivity contribution is 9.10. The lowest BCUT2D eigenvalue weighted by Gasteiger charge is -2.09. The summed E-state index contributed by atoms with van der Waals surface area (Å²) in [6, 6.07) is 3.83. The van der Waals surface area contributed by atoms with Crippen molar-refractivity contribution >= 4 is 45.4 Å². The second-order valence-corrected chi connectivity index (χ2v) is 8.23. The van der Waals surface area contributed by atoms with Crippen LogP contribution in [0.1, 0.15) is 19.8 Å². The van der Waals surface area contributed by atoms with Crippen LogP contribution in [0.3, 0.4) is 0 Å². The van der Waals surface area contributed by atoms with Gasteiger partial charge in [0, 0.05) is 35.1 Å². The number of ether oxygens (including phenoxy) is 2. The molecule has 1 amide bonds. The van der Waals surface area contributed by atoms with Crippen molar-refractivity contribution in [2.45, 2.75) is 36.4 Å². The van der Waals surface area contributed by atoms with Gasteiger partial charge in [-0.1, -0.05) is 24.4 Å². The molecule has 29 heavy (non-hydrogen) atoms. The Balaban J connectivity index is 2.08. The summed E-state index contributed by atoms with van der Waals surface area (Å²) in [5.41, 5.74) is 6.27. The molecule has 1 aliphatic rings. The van der Waals surface area contributed by atoms with Crippen LogP contribution in [0.2, 0.25) is 0 Å². The second kappa shape index (κ2) is 9.41. The predicted molar refractivity (Wildman–Crippen MR) is 117 cm³/mol. The molecule has 1 aliphatic heterocycles. The number of nitrogens with zero attached hydrogens (tertiary/aromatic N) is 2. The Morgan fingerprint density at radius 3 is 2.83 bits per heavy atom. The van der Waals surface area contributed by atoms with Gasteiger partial charge in [-0.2, -0.15) is 0 Å². The third-order valence-electron chi connectivity index (χ3n) is 4.41. The smallest absolute Gasteiger partial charge is 0.231 e. The molecule has 0 aliphatic carbocycles. The minimum absolute atomic E-state index is 0.219. The van der Waals surface area contributed by atoms with Crippen molar-refractivity contribution in [3.63, 3.8) is 0 Å². The fourth-order valence-corrected chi connectivity index (χ4v) is 4.42. The summed E-state index contributed by atoms with van der Waals surface area (Å²) in [4.78, 5) is 17.0. The molecule has 0 saturated carbocycles. The maximum absolute atomic E-state index is 11.2. The molecule has 2 aromatic rings. The van der Waals surface area contributed by atoms with Crippen molar-refractivity contribution < 1.29 is 14.3 Å². The van der Waals surface area contributed by atoms with Gasteiger partial charge in [-0.15, -0.1) is 0 Å².